The van der Waals surface area contributed by atoms with E-state index in [1.54, 1.807) is 37.6 Å². The van der Waals surface area contributed by atoms with E-state index in [1.807, 2.05) is 13.0 Å². The van der Waals surface area contributed by atoms with Crippen LogP contribution < -0.4 is 0 Å². The zero-order chi connectivity index (χ0) is 13.2. The van der Waals surface area contributed by atoms with Crippen LogP contribution in [0.15, 0.2) is 41.6 Å². The molecule has 0 bridgehead atoms. The maximum absolute atomic E-state index is 12.3. The van der Waals surface area contributed by atoms with Crippen molar-refractivity contribution in [1.29, 1.82) is 0 Å². The van der Waals surface area contributed by atoms with Crippen molar-refractivity contribution in [1.82, 2.24) is 14.5 Å². The molecule has 0 fully saturated rings. The van der Waals surface area contributed by atoms with Gasteiger partial charge in [-0.15, -0.1) is 0 Å². The van der Waals surface area contributed by atoms with Gasteiger partial charge in [0.15, 0.2) is 0 Å². The van der Waals surface area contributed by atoms with Crippen LogP contribution in [0.25, 0.3) is 0 Å². The summed E-state index contributed by atoms with van der Waals surface area (Å²) in [6.45, 7) is 2.17. The molecular weight excluding hydrogens is 250 g/mol. The summed E-state index contributed by atoms with van der Waals surface area (Å²) in [5.74, 6) is 0. The highest BCUT2D eigenvalue weighted by molar-refractivity contribution is 7.89. The van der Waals surface area contributed by atoms with Gasteiger partial charge in [-0.05, 0) is 24.6 Å². The largest absolute Gasteiger partial charge is 0.285 e. The first-order valence-corrected chi connectivity index (χ1v) is 6.95. The van der Waals surface area contributed by atoms with Crippen LogP contribution in [0.4, 0.5) is 0 Å². The lowest BCUT2D eigenvalue weighted by molar-refractivity contribution is 0.467. The summed E-state index contributed by atoms with van der Waals surface area (Å²) < 4.78 is 25.9. The molecule has 0 amide bonds. The van der Waals surface area contributed by atoms with Crippen LogP contribution >= 0.6 is 0 Å². The van der Waals surface area contributed by atoms with Gasteiger partial charge >= 0.3 is 0 Å². The van der Waals surface area contributed by atoms with Crippen LogP contribution in [0.1, 0.15) is 11.1 Å². The van der Waals surface area contributed by atoms with E-state index in [0.717, 1.165) is 11.1 Å². The summed E-state index contributed by atoms with van der Waals surface area (Å²) >= 11 is 0. The molecule has 5 nitrogen and oxygen atoms in total. The van der Waals surface area contributed by atoms with E-state index in [4.69, 9.17) is 0 Å². The lowest BCUT2D eigenvalue weighted by atomic mass is 10.2. The summed E-state index contributed by atoms with van der Waals surface area (Å²) in [5, 5.41) is 6.46. The molecule has 1 aromatic heterocycles. The Morgan fingerprint density at radius 1 is 1.39 bits per heavy atom. The molecule has 0 atom stereocenters. The fourth-order valence-electron chi connectivity index (χ4n) is 1.66. The lowest BCUT2D eigenvalue weighted by Crippen LogP contribution is -2.26. The first kappa shape index (κ1) is 12.8. The molecule has 18 heavy (non-hydrogen) atoms. The molecule has 2 aromatic rings. The summed E-state index contributed by atoms with van der Waals surface area (Å²) in [7, 11) is -1.89. The van der Waals surface area contributed by atoms with Crippen molar-refractivity contribution in [2.45, 2.75) is 18.4 Å². The molecule has 2 rings (SSSR count). The monoisotopic (exact) mass is 265 g/mol. The van der Waals surface area contributed by atoms with Crippen LogP contribution in [0.2, 0.25) is 0 Å². The topological polar surface area (TPSA) is 66.1 Å². The van der Waals surface area contributed by atoms with E-state index in [2.05, 4.69) is 10.2 Å². The first-order valence-electron chi connectivity index (χ1n) is 5.51. The van der Waals surface area contributed by atoms with Crippen LogP contribution in [0.5, 0.6) is 0 Å². The van der Waals surface area contributed by atoms with E-state index in [-0.39, 0.29) is 0 Å². The zero-order valence-corrected chi connectivity index (χ0v) is 11.1. The quantitative estimate of drug-likeness (QED) is 0.912. The van der Waals surface area contributed by atoms with Gasteiger partial charge in [0.05, 0.1) is 11.1 Å². The van der Waals surface area contributed by atoms with E-state index >= 15 is 0 Å². The average Bonchev–Trinajstić information content (AvgIpc) is 2.81. The van der Waals surface area contributed by atoms with Crippen LogP contribution in [-0.4, -0.2) is 30.0 Å². The highest BCUT2D eigenvalue weighted by Crippen LogP contribution is 2.17. The molecule has 0 spiro atoms. The van der Waals surface area contributed by atoms with Crippen molar-refractivity contribution in [3.8, 4) is 0 Å². The number of rotatable bonds is 4. The molecule has 0 aliphatic carbocycles. The molecule has 1 aromatic carbocycles. The SMILES string of the molecule is Cc1cccc(S(=O)(=O)N(C)Cc2cn[nH]c2)c1. The molecule has 0 aliphatic heterocycles. The molecule has 6 heteroatoms. The van der Waals surface area contributed by atoms with Crippen LogP contribution in [0.3, 0.4) is 0 Å². The maximum Gasteiger partial charge on any atom is 0.243 e. The summed E-state index contributed by atoms with van der Waals surface area (Å²) in [6, 6.07) is 6.89. The van der Waals surface area contributed by atoms with E-state index in [0.29, 0.717) is 11.4 Å². The van der Waals surface area contributed by atoms with Gasteiger partial charge in [-0.2, -0.15) is 9.40 Å². The van der Waals surface area contributed by atoms with Crippen molar-refractivity contribution in [3.05, 3.63) is 47.8 Å². The standard InChI is InChI=1S/C12H15N3O2S/c1-10-4-3-5-12(6-10)18(16,17)15(2)9-11-7-13-14-8-11/h3-8H,9H2,1-2H3,(H,13,14). The minimum absolute atomic E-state index is 0.298. The predicted octanol–water partition coefficient (Wildman–Crippen LogP) is 1.54. The third-order valence-electron chi connectivity index (χ3n) is 2.66. The lowest BCUT2D eigenvalue weighted by Gasteiger charge is -2.16. The molecule has 0 saturated carbocycles. The van der Waals surface area contributed by atoms with Crippen molar-refractivity contribution in [2.75, 3.05) is 7.05 Å². The van der Waals surface area contributed by atoms with Gasteiger partial charge in [-0.25, -0.2) is 8.42 Å². The minimum atomic E-state index is -3.45. The summed E-state index contributed by atoms with van der Waals surface area (Å²) in [6.07, 6.45) is 3.30. The number of aromatic nitrogens is 2. The number of benzene rings is 1. The molecular formula is C12H15N3O2S. The molecule has 0 unspecified atom stereocenters. The molecule has 1 heterocycles. The Morgan fingerprint density at radius 3 is 2.78 bits per heavy atom. The molecule has 1 N–H and O–H groups in total. The number of aryl methyl sites for hydroxylation is 1. The van der Waals surface area contributed by atoms with Crippen molar-refractivity contribution >= 4 is 10.0 Å². The Balaban J connectivity index is 2.25. The Hall–Kier alpha value is -1.66. The fraction of sp³-hybridized carbons (Fsp3) is 0.250. The minimum Gasteiger partial charge on any atom is -0.285 e. The highest BCUT2D eigenvalue weighted by Gasteiger charge is 2.20. The van der Waals surface area contributed by atoms with Gasteiger partial charge in [0, 0.05) is 25.4 Å². The Kier molecular flexibility index (Phi) is 3.49. The number of aromatic amines is 1. The van der Waals surface area contributed by atoms with Gasteiger partial charge in [0.1, 0.15) is 0 Å². The summed E-state index contributed by atoms with van der Waals surface area (Å²) in [4.78, 5) is 0.313. The number of H-pyrrole nitrogens is 1. The van der Waals surface area contributed by atoms with Gasteiger partial charge in [-0.3, -0.25) is 5.10 Å². The highest BCUT2D eigenvalue weighted by atomic mass is 32.2. The van der Waals surface area contributed by atoms with Gasteiger partial charge in [0.25, 0.3) is 0 Å². The smallest absolute Gasteiger partial charge is 0.243 e. The van der Waals surface area contributed by atoms with Gasteiger partial charge in [-0.1, -0.05) is 12.1 Å². The number of hydrogen-bond donors (Lipinski definition) is 1. The molecule has 96 valence electrons. The Labute approximate surface area is 107 Å². The second kappa shape index (κ2) is 4.91. The third-order valence-corrected chi connectivity index (χ3v) is 4.46. The number of nitrogens with zero attached hydrogens (tertiary/aromatic N) is 2. The zero-order valence-electron chi connectivity index (χ0n) is 10.3. The van der Waals surface area contributed by atoms with Gasteiger partial charge in [0.2, 0.25) is 10.0 Å². The molecule has 0 saturated heterocycles. The molecule has 0 radical (unpaired) electrons. The number of nitrogens with one attached hydrogen (secondary N) is 1. The Morgan fingerprint density at radius 2 is 2.17 bits per heavy atom. The molecule has 0 aliphatic rings. The van der Waals surface area contributed by atoms with E-state index < -0.39 is 10.0 Å². The van der Waals surface area contributed by atoms with E-state index in [1.165, 1.54) is 4.31 Å². The van der Waals surface area contributed by atoms with Crippen LogP contribution in [0, 0.1) is 6.92 Å². The average molecular weight is 265 g/mol. The fourth-order valence-corrected chi connectivity index (χ4v) is 2.93. The number of hydrogen-bond acceptors (Lipinski definition) is 3. The first-order chi connectivity index (χ1) is 8.50. The normalized spacial score (nSPS) is 11.9. The predicted molar refractivity (Wildman–Crippen MR) is 68.4 cm³/mol. The number of sulfonamides is 1. The van der Waals surface area contributed by atoms with E-state index in [9.17, 15) is 8.42 Å². The second-order valence-electron chi connectivity index (χ2n) is 4.18. The second-order valence-corrected chi connectivity index (χ2v) is 6.23. The van der Waals surface area contributed by atoms with Crippen molar-refractivity contribution in [2.24, 2.45) is 0 Å². The van der Waals surface area contributed by atoms with Crippen molar-refractivity contribution in [3.63, 3.8) is 0 Å². The van der Waals surface area contributed by atoms with Gasteiger partial charge < -0.3 is 0 Å². The van der Waals surface area contributed by atoms with Crippen molar-refractivity contribution < 1.29 is 8.42 Å². The third kappa shape index (κ3) is 2.60. The summed E-state index contributed by atoms with van der Waals surface area (Å²) in [5.41, 5.74) is 1.75. The Bertz CT molecular complexity index is 621. The maximum atomic E-state index is 12.3. The van der Waals surface area contributed by atoms with Crippen LogP contribution in [-0.2, 0) is 16.6 Å².